The number of benzene rings is 4. The van der Waals surface area contributed by atoms with Crippen LogP contribution in [0.25, 0.3) is 0 Å². The summed E-state index contributed by atoms with van der Waals surface area (Å²) >= 11 is 0. The molecule has 0 radical (unpaired) electrons. The van der Waals surface area contributed by atoms with E-state index >= 15 is 0 Å². The quantitative estimate of drug-likeness (QED) is 0.160. The van der Waals surface area contributed by atoms with Crippen molar-refractivity contribution in [3.63, 3.8) is 0 Å². The van der Waals surface area contributed by atoms with Gasteiger partial charge in [0.05, 0.1) is 16.7 Å². The molecule has 5 rings (SSSR count). The van der Waals surface area contributed by atoms with Crippen LogP contribution in [0, 0.1) is 0 Å². The summed E-state index contributed by atoms with van der Waals surface area (Å²) in [5.74, 6) is -0.637. The van der Waals surface area contributed by atoms with Gasteiger partial charge in [-0.05, 0) is 71.8 Å². The Morgan fingerprint density at radius 3 is 1.74 bits per heavy atom. The number of aromatic carboxylic acids is 1. The fourth-order valence-corrected chi connectivity index (χ4v) is 4.34. The van der Waals surface area contributed by atoms with Crippen molar-refractivity contribution in [3.8, 4) is 23.0 Å². The van der Waals surface area contributed by atoms with Crippen LogP contribution in [0.3, 0.4) is 0 Å². The highest BCUT2D eigenvalue weighted by atomic mass is 16.6. The molecule has 4 aromatic rings. The lowest BCUT2D eigenvalue weighted by molar-refractivity contribution is 0.0442. The van der Waals surface area contributed by atoms with Gasteiger partial charge >= 0.3 is 17.9 Å². The number of carboxylic acid groups (broad SMARTS) is 1. The number of fused-ring (bicyclic) bond motifs is 1. The van der Waals surface area contributed by atoms with E-state index in [2.05, 4.69) is 18.6 Å². The van der Waals surface area contributed by atoms with E-state index in [1.54, 1.807) is 6.07 Å². The number of carbonyl (C=O) groups excluding carboxylic acids is 3. The van der Waals surface area contributed by atoms with Crippen LogP contribution in [-0.4, -0.2) is 29.3 Å². The predicted molar refractivity (Wildman–Crippen MR) is 140 cm³/mol. The molecule has 1 aliphatic heterocycles. The molecule has 8 heteroatoms. The Kier molecular flexibility index (Phi) is 6.45. The van der Waals surface area contributed by atoms with Crippen molar-refractivity contribution in [2.75, 3.05) is 0 Å². The minimum absolute atomic E-state index is 0.0407. The van der Waals surface area contributed by atoms with Crippen LogP contribution in [0.15, 0.2) is 84.9 Å². The van der Waals surface area contributed by atoms with Crippen LogP contribution in [0.1, 0.15) is 66.4 Å². The van der Waals surface area contributed by atoms with Crippen molar-refractivity contribution >= 4 is 24.2 Å². The van der Waals surface area contributed by atoms with Gasteiger partial charge in [0.15, 0.2) is 6.29 Å². The van der Waals surface area contributed by atoms with Gasteiger partial charge in [-0.15, -0.1) is 0 Å². The maximum absolute atomic E-state index is 11.8. The molecule has 0 aromatic heterocycles. The second-order valence-electron chi connectivity index (χ2n) is 9.43. The van der Waals surface area contributed by atoms with E-state index in [-0.39, 0.29) is 27.7 Å². The third-order valence-electron chi connectivity index (χ3n) is 6.62. The molecule has 0 amide bonds. The maximum Gasteiger partial charge on any atom is 0.347 e. The molecule has 0 unspecified atom stereocenters. The first-order valence-corrected chi connectivity index (χ1v) is 12.0. The zero-order chi connectivity index (χ0) is 27.7. The number of ether oxygens (including phenoxy) is 3. The number of hydrogen-bond donors (Lipinski definition) is 1. The van der Waals surface area contributed by atoms with E-state index in [0.717, 1.165) is 11.1 Å². The van der Waals surface area contributed by atoms with Crippen LogP contribution >= 0.6 is 0 Å². The van der Waals surface area contributed by atoms with Crippen molar-refractivity contribution in [1.82, 2.24) is 0 Å². The molecule has 0 atom stereocenters. The van der Waals surface area contributed by atoms with Crippen molar-refractivity contribution in [1.29, 1.82) is 0 Å². The fraction of sp³-hybridized carbons (Fsp3) is 0.0968. The summed E-state index contributed by atoms with van der Waals surface area (Å²) < 4.78 is 16.3. The van der Waals surface area contributed by atoms with E-state index < -0.39 is 17.9 Å². The molecule has 8 nitrogen and oxygen atoms in total. The molecule has 1 N–H and O–H groups in total. The van der Waals surface area contributed by atoms with Gasteiger partial charge in [0.1, 0.15) is 23.0 Å². The highest BCUT2D eigenvalue weighted by Crippen LogP contribution is 2.35. The van der Waals surface area contributed by atoms with Crippen LogP contribution in [0.5, 0.6) is 23.0 Å². The Hall–Kier alpha value is -5.24. The number of cyclic esters (lactones) is 2. The largest absolute Gasteiger partial charge is 0.478 e. The van der Waals surface area contributed by atoms with Crippen molar-refractivity contribution < 1.29 is 38.5 Å². The number of carboxylic acids is 1. The first-order valence-electron chi connectivity index (χ1n) is 12.0. The fourth-order valence-electron chi connectivity index (χ4n) is 4.34. The maximum atomic E-state index is 11.8. The molecule has 1 heterocycles. The molecular formula is C31H22O8. The highest BCUT2D eigenvalue weighted by Gasteiger charge is 2.30. The summed E-state index contributed by atoms with van der Waals surface area (Å²) in [4.78, 5) is 45.9. The molecule has 0 fully saturated rings. The van der Waals surface area contributed by atoms with Crippen LogP contribution in [-0.2, 0) is 10.2 Å². The van der Waals surface area contributed by atoms with Gasteiger partial charge in [-0.1, -0.05) is 38.1 Å². The van der Waals surface area contributed by atoms with Crippen LogP contribution in [0.2, 0.25) is 0 Å². The Morgan fingerprint density at radius 2 is 1.21 bits per heavy atom. The summed E-state index contributed by atoms with van der Waals surface area (Å²) in [7, 11) is 0. The summed E-state index contributed by atoms with van der Waals surface area (Å²) in [5.41, 5.74) is 2.07. The van der Waals surface area contributed by atoms with Crippen LogP contribution < -0.4 is 9.47 Å². The summed E-state index contributed by atoms with van der Waals surface area (Å²) in [6.45, 7) is 4.17. The molecule has 0 bridgehead atoms. The molecule has 4 aromatic carbocycles. The van der Waals surface area contributed by atoms with Gasteiger partial charge in [-0.2, -0.15) is 0 Å². The molecule has 194 valence electrons. The molecule has 39 heavy (non-hydrogen) atoms. The smallest absolute Gasteiger partial charge is 0.347 e. The first kappa shape index (κ1) is 25.4. The topological polar surface area (TPSA) is 116 Å². The molecule has 0 spiro atoms. The van der Waals surface area contributed by atoms with Crippen LogP contribution in [0.4, 0.5) is 0 Å². The number of aldehydes is 1. The van der Waals surface area contributed by atoms with Crippen molar-refractivity contribution in [3.05, 3.63) is 118 Å². The minimum atomic E-state index is -1.18. The van der Waals surface area contributed by atoms with Gasteiger partial charge in [0.25, 0.3) is 0 Å². The number of esters is 2. The average molecular weight is 523 g/mol. The zero-order valence-electron chi connectivity index (χ0n) is 21.0. The lowest BCUT2D eigenvalue weighted by Crippen LogP contribution is -2.18. The summed E-state index contributed by atoms with van der Waals surface area (Å²) in [6.07, 6.45) is 0.488. The Labute approximate surface area is 223 Å². The molecule has 0 saturated heterocycles. The monoisotopic (exact) mass is 522 g/mol. The third kappa shape index (κ3) is 5.00. The van der Waals surface area contributed by atoms with Gasteiger partial charge in [0.2, 0.25) is 0 Å². The molecule has 0 aliphatic carbocycles. The summed E-state index contributed by atoms with van der Waals surface area (Å²) in [6, 6.07) is 23.9. The second kappa shape index (κ2) is 9.90. The van der Waals surface area contributed by atoms with Crippen molar-refractivity contribution in [2.24, 2.45) is 0 Å². The van der Waals surface area contributed by atoms with Gasteiger partial charge in [0, 0.05) is 11.0 Å². The molecule has 1 aliphatic rings. The normalized spacial score (nSPS) is 12.5. The van der Waals surface area contributed by atoms with E-state index in [4.69, 9.17) is 9.47 Å². The third-order valence-corrected chi connectivity index (χ3v) is 6.62. The Morgan fingerprint density at radius 1 is 0.718 bits per heavy atom. The molecule has 0 saturated carbocycles. The Bertz CT molecular complexity index is 1620. The minimum Gasteiger partial charge on any atom is -0.478 e. The first-order chi connectivity index (χ1) is 18.7. The van der Waals surface area contributed by atoms with Gasteiger partial charge in [-0.3, -0.25) is 4.79 Å². The van der Waals surface area contributed by atoms with E-state index in [1.807, 2.05) is 48.5 Å². The van der Waals surface area contributed by atoms with E-state index in [0.29, 0.717) is 29.3 Å². The van der Waals surface area contributed by atoms with E-state index in [1.165, 1.54) is 30.3 Å². The lowest BCUT2D eigenvalue weighted by atomic mass is 9.78. The second-order valence-corrected chi connectivity index (χ2v) is 9.43. The number of carbonyl (C=O) groups is 4. The Balaban J connectivity index is 1.29. The number of rotatable bonds is 8. The SMILES string of the molecule is CC(C)(c1ccc(Oc2ccc(C(=O)O)c(C=O)c2)cc1)c1ccc(Oc2ccc3c(c2)C(=O)OC3=O)cc1. The van der Waals surface area contributed by atoms with E-state index in [9.17, 15) is 24.3 Å². The predicted octanol–water partition coefficient (Wildman–Crippen LogP) is 6.42. The highest BCUT2D eigenvalue weighted by molar-refractivity contribution is 6.14. The average Bonchev–Trinajstić information content (AvgIpc) is 3.21. The zero-order valence-corrected chi connectivity index (χ0v) is 21.0. The van der Waals surface area contributed by atoms with Gasteiger partial charge in [-0.25, -0.2) is 14.4 Å². The standard InChI is InChI=1S/C31H22O8/c1-31(2,19-3-7-21(8-4-19)37-23-11-13-25(28(33)34)18(15-23)17-32)20-5-9-22(10-6-20)38-24-12-14-26-27(16-24)30(36)39-29(26)35/h3-17H,1-2H3,(H,33,34). The molecular weight excluding hydrogens is 500 g/mol. The van der Waals surface area contributed by atoms with Gasteiger partial charge < -0.3 is 19.3 Å². The summed E-state index contributed by atoms with van der Waals surface area (Å²) in [5, 5.41) is 9.17. The lowest BCUT2D eigenvalue weighted by Gasteiger charge is -2.26. The number of hydrogen-bond acceptors (Lipinski definition) is 7. The van der Waals surface area contributed by atoms with Crippen molar-refractivity contribution in [2.45, 2.75) is 19.3 Å².